The topological polar surface area (TPSA) is 43.6 Å². The second-order valence-corrected chi connectivity index (χ2v) is 3.21. The van der Waals surface area contributed by atoms with E-state index in [1.165, 1.54) is 0 Å². The summed E-state index contributed by atoms with van der Waals surface area (Å²) in [4.78, 5) is 13.9. The Morgan fingerprint density at radius 3 is 2.93 bits per heavy atom. The molecule has 1 heterocycles. The van der Waals surface area contributed by atoms with Crippen molar-refractivity contribution in [3.05, 3.63) is 24.4 Å². The Labute approximate surface area is 86.8 Å². The van der Waals surface area contributed by atoms with Crippen molar-refractivity contribution >= 4 is 22.7 Å². The summed E-state index contributed by atoms with van der Waals surface area (Å²) >= 11 is 0. The van der Waals surface area contributed by atoms with Crippen LogP contribution in [0.4, 0.5) is 5.69 Å². The summed E-state index contributed by atoms with van der Waals surface area (Å²) in [7, 11) is 3.51. The zero-order valence-corrected chi connectivity index (χ0v) is 8.52. The van der Waals surface area contributed by atoms with Crippen molar-refractivity contribution in [1.29, 1.82) is 0 Å². The normalized spacial score (nSPS) is 10.0. The molecule has 15 heavy (non-hydrogen) atoms. The number of hydrogen-bond donors (Lipinski definition) is 0. The van der Waals surface area contributed by atoms with Gasteiger partial charge in [0.1, 0.15) is 11.4 Å². The molecule has 0 bridgehead atoms. The van der Waals surface area contributed by atoms with Gasteiger partial charge in [0, 0.05) is 18.6 Å². The highest BCUT2D eigenvalue weighted by Crippen LogP contribution is 2.30. The van der Waals surface area contributed by atoms with E-state index in [4.69, 9.17) is 4.74 Å². The van der Waals surface area contributed by atoms with Crippen LogP contribution in [-0.2, 0) is 11.8 Å². The van der Waals surface area contributed by atoms with E-state index in [0.717, 1.165) is 16.7 Å². The first-order chi connectivity index (χ1) is 7.26. The van der Waals surface area contributed by atoms with Crippen molar-refractivity contribution in [3.8, 4) is 5.75 Å². The number of aromatic nitrogens is 1. The highest BCUT2D eigenvalue weighted by Gasteiger charge is 2.06. The second-order valence-electron chi connectivity index (χ2n) is 3.21. The van der Waals surface area contributed by atoms with Crippen LogP contribution >= 0.6 is 0 Å². The molecular weight excluding hydrogens is 192 g/mol. The van der Waals surface area contributed by atoms with Crippen LogP contribution in [-0.4, -0.2) is 17.8 Å². The zero-order chi connectivity index (χ0) is 10.8. The molecule has 0 fully saturated rings. The standard InChI is InChI=1S/C11H10N2O2/c1-13-6-10(12-7-14)9-5-8(15-2)3-4-11(9)13/h3-6H,1-2H3. The minimum Gasteiger partial charge on any atom is -0.497 e. The average Bonchev–Trinajstić information content (AvgIpc) is 2.56. The number of benzene rings is 1. The molecular formula is C11H10N2O2. The highest BCUT2D eigenvalue weighted by atomic mass is 16.5. The van der Waals surface area contributed by atoms with Crippen molar-refractivity contribution < 1.29 is 9.53 Å². The SMILES string of the molecule is COc1ccc2c(c1)c(N=C=O)cn2C. The van der Waals surface area contributed by atoms with Gasteiger partial charge in [0.05, 0.1) is 12.6 Å². The van der Waals surface area contributed by atoms with E-state index in [-0.39, 0.29) is 0 Å². The quantitative estimate of drug-likeness (QED) is 0.553. The number of ether oxygens (including phenoxy) is 1. The number of aliphatic imine (C=N–C) groups is 1. The Balaban J connectivity index is 2.76. The predicted molar refractivity (Wildman–Crippen MR) is 57.3 cm³/mol. The predicted octanol–water partition coefficient (Wildman–Crippen LogP) is 2.15. The van der Waals surface area contributed by atoms with Gasteiger partial charge >= 0.3 is 0 Å². The summed E-state index contributed by atoms with van der Waals surface area (Å²) in [5, 5.41) is 0.889. The first kappa shape index (κ1) is 9.49. The molecule has 1 aromatic carbocycles. The van der Waals surface area contributed by atoms with E-state index in [0.29, 0.717) is 5.69 Å². The molecule has 1 aromatic heterocycles. The Morgan fingerprint density at radius 1 is 1.47 bits per heavy atom. The number of aryl methyl sites for hydroxylation is 1. The van der Waals surface area contributed by atoms with Gasteiger partial charge in [-0.05, 0) is 18.2 Å². The number of rotatable bonds is 2. The molecule has 0 radical (unpaired) electrons. The van der Waals surface area contributed by atoms with Crippen LogP contribution in [0.1, 0.15) is 0 Å². The first-order valence-electron chi connectivity index (χ1n) is 4.47. The van der Waals surface area contributed by atoms with E-state index in [9.17, 15) is 4.79 Å². The molecule has 4 heteroatoms. The lowest BCUT2D eigenvalue weighted by atomic mass is 10.2. The van der Waals surface area contributed by atoms with Crippen LogP contribution in [0, 0.1) is 0 Å². The fraction of sp³-hybridized carbons (Fsp3) is 0.182. The number of nitrogens with zero attached hydrogens (tertiary/aromatic N) is 2. The number of carbonyl (C=O) groups excluding carboxylic acids is 1. The smallest absolute Gasteiger partial charge is 0.240 e. The lowest BCUT2D eigenvalue weighted by molar-refractivity contribution is 0.415. The van der Waals surface area contributed by atoms with E-state index >= 15 is 0 Å². The summed E-state index contributed by atoms with van der Waals surface area (Å²) < 4.78 is 7.02. The molecule has 0 aliphatic heterocycles. The van der Waals surface area contributed by atoms with Gasteiger partial charge in [-0.3, -0.25) is 0 Å². The van der Waals surface area contributed by atoms with Crippen LogP contribution < -0.4 is 4.74 Å². The average molecular weight is 202 g/mol. The van der Waals surface area contributed by atoms with E-state index in [1.54, 1.807) is 19.4 Å². The van der Waals surface area contributed by atoms with Crippen molar-refractivity contribution in [2.24, 2.45) is 12.0 Å². The second kappa shape index (κ2) is 3.59. The molecule has 0 aliphatic carbocycles. The minimum atomic E-state index is 0.612. The molecule has 0 saturated carbocycles. The minimum absolute atomic E-state index is 0.612. The third kappa shape index (κ3) is 1.51. The fourth-order valence-corrected chi connectivity index (χ4v) is 1.62. The molecule has 0 aliphatic rings. The third-order valence-corrected chi connectivity index (χ3v) is 2.34. The highest BCUT2D eigenvalue weighted by molar-refractivity contribution is 5.93. The summed E-state index contributed by atoms with van der Waals surface area (Å²) in [6, 6.07) is 5.65. The molecule has 2 aromatic rings. The molecule has 0 N–H and O–H groups in total. The number of fused-ring (bicyclic) bond motifs is 1. The number of methoxy groups -OCH3 is 1. The molecule has 2 rings (SSSR count). The van der Waals surface area contributed by atoms with Gasteiger partial charge in [-0.25, -0.2) is 4.79 Å². The van der Waals surface area contributed by atoms with Gasteiger partial charge in [-0.15, -0.1) is 0 Å². The monoisotopic (exact) mass is 202 g/mol. The van der Waals surface area contributed by atoms with E-state index in [1.807, 2.05) is 29.8 Å². The summed E-state index contributed by atoms with van der Waals surface area (Å²) in [6.07, 6.45) is 3.33. The molecule has 0 atom stereocenters. The van der Waals surface area contributed by atoms with Crippen LogP contribution in [0.5, 0.6) is 5.75 Å². The number of isocyanates is 1. The molecule has 0 amide bonds. The molecule has 0 saturated heterocycles. The molecule has 76 valence electrons. The van der Waals surface area contributed by atoms with E-state index in [2.05, 4.69) is 4.99 Å². The Morgan fingerprint density at radius 2 is 2.27 bits per heavy atom. The van der Waals surface area contributed by atoms with Gasteiger partial charge in [0.2, 0.25) is 6.08 Å². The maximum atomic E-state index is 10.2. The van der Waals surface area contributed by atoms with Crippen LogP contribution in [0.15, 0.2) is 29.4 Å². The van der Waals surface area contributed by atoms with Gasteiger partial charge in [0.25, 0.3) is 0 Å². The van der Waals surface area contributed by atoms with Crippen LogP contribution in [0.2, 0.25) is 0 Å². The first-order valence-corrected chi connectivity index (χ1v) is 4.47. The maximum absolute atomic E-state index is 10.2. The fourth-order valence-electron chi connectivity index (χ4n) is 1.62. The summed E-state index contributed by atoms with van der Waals surface area (Å²) in [5.74, 6) is 0.746. The summed E-state index contributed by atoms with van der Waals surface area (Å²) in [6.45, 7) is 0. The molecule has 0 unspecified atom stereocenters. The van der Waals surface area contributed by atoms with E-state index < -0.39 is 0 Å². The van der Waals surface area contributed by atoms with Crippen molar-refractivity contribution in [2.45, 2.75) is 0 Å². The Bertz CT molecular complexity index is 551. The van der Waals surface area contributed by atoms with Gasteiger partial charge in [-0.1, -0.05) is 0 Å². The summed E-state index contributed by atoms with van der Waals surface area (Å²) in [5.41, 5.74) is 1.62. The van der Waals surface area contributed by atoms with Crippen LogP contribution in [0.3, 0.4) is 0 Å². The molecule has 0 spiro atoms. The van der Waals surface area contributed by atoms with Gasteiger partial charge in [-0.2, -0.15) is 4.99 Å². The lowest BCUT2D eigenvalue weighted by Crippen LogP contribution is -1.84. The van der Waals surface area contributed by atoms with Crippen LogP contribution in [0.25, 0.3) is 10.9 Å². The van der Waals surface area contributed by atoms with Gasteiger partial charge < -0.3 is 9.30 Å². The van der Waals surface area contributed by atoms with Gasteiger partial charge in [0.15, 0.2) is 0 Å². The lowest BCUT2D eigenvalue weighted by Gasteiger charge is -2.00. The molecule has 4 nitrogen and oxygen atoms in total. The van der Waals surface area contributed by atoms with Crippen molar-refractivity contribution in [3.63, 3.8) is 0 Å². The zero-order valence-electron chi connectivity index (χ0n) is 8.52. The number of hydrogen-bond acceptors (Lipinski definition) is 3. The van der Waals surface area contributed by atoms with Crippen molar-refractivity contribution in [2.75, 3.05) is 7.11 Å². The Hall–Kier alpha value is -2.06. The maximum Gasteiger partial charge on any atom is 0.240 e. The Kier molecular flexibility index (Phi) is 2.27. The third-order valence-electron chi connectivity index (χ3n) is 2.34. The van der Waals surface area contributed by atoms with Crippen molar-refractivity contribution in [1.82, 2.24) is 4.57 Å². The largest absolute Gasteiger partial charge is 0.497 e.